The van der Waals surface area contributed by atoms with E-state index in [0.29, 0.717) is 31.6 Å². The number of hydrogen-bond donors (Lipinski definition) is 2. The van der Waals surface area contributed by atoms with Crippen molar-refractivity contribution in [1.82, 2.24) is 20.4 Å². The molecule has 2 N–H and O–H groups in total. The minimum atomic E-state index is -0.844. The van der Waals surface area contributed by atoms with Gasteiger partial charge in [-0.1, -0.05) is 24.3 Å². The Bertz CT molecular complexity index is 1220. The van der Waals surface area contributed by atoms with Crippen LogP contribution >= 0.6 is 11.8 Å². The lowest BCUT2D eigenvalue weighted by atomic mass is 9.91. The molecule has 0 saturated carbocycles. The number of allylic oxidation sites excluding steroid dienone is 2. The molecule has 3 aliphatic rings. The van der Waals surface area contributed by atoms with E-state index < -0.39 is 28.2 Å². The Morgan fingerprint density at radius 2 is 1.93 bits per heavy atom. The first kappa shape index (κ1) is 32.0. The zero-order chi connectivity index (χ0) is 30.7. The van der Waals surface area contributed by atoms with E-state index in [1.807, 2.05) is 62.7 Å². The Morgan fingerprint density at radius 3 is 2.55 bits per heavy atom. The molecule has 4 rings (SSSR count). The van der Waals surface area contributed by atoms with E-state index in [0.717, 1.165) is 29.8 Å². The number of carbonyl (C=O) groups is 2. The number of amides is 2. The van der Waals surface area contributed by atoms with Crippen LogP contribution in [0.1, 0.15) is 79.0 Å². The third kappa shape index (κ3) is 7.00. The molecule has 0 bridgehead atoms. The second-order valence-electron chi connectivity index (χ2n) is 12.8. The third-order valence-electron chi connectivity index (χ3n) is 8.61. The molecular formula is C33H48N4O4S. The molecule has 8 nitrogen and oxygen atoms in total. The fourth-order valence-electron chi connectivity index (χ4n) is 5.80. The lowest BCUT2D eigenvalue weighted by Gasteiger charge is -2.43. The van der Waals surface area contributed by atoms with Crippen molar-refractivity contribution in [2.45, 2.75) is 102 Å². The fourth-order valence-corrected chi connectivity index (χ4v) is 6.67. The zero-order valence-electron chi connectivity index (χ0n) is 26.4. The number of carbonyl (C=O) groups excluding carboxylic acids is 2. The summed E-state index contributed by atoms with van der Waals surface area (Å²) in [5.74, 6) is 0.544. The van der Waals surface area contributed by atoms with Crippen molar-refractivity contribution in [2.75, 3.05) is 19.6 Å². The number of ether oxygens (including phenoxy) is 2. The van der Waals surface area contributed by atoms with E-state index in [1.54, 1.807) is 16.7 Å². The maximum atomic E-state index is 13.9. The van der Waals surface area contributed by atoms with Crippen molar-refractivity contribution in [3.8, 4) is 5.75 Å². The van der Waals surface area contributed by atoms with Crippen LogP contribution in [0.4, 0.5) is 4.79 Å². The molecule has 3 atom stereocenters. The van der Waals surface area contributed by atoms with Crippen LogP contribution in [0.15, 0.2) is 54.1 Å². The number of fused-ring (bicyclic) bond motifs is 1. The van der Waals surface area contributed by atoms with E-state index in [4.69, 9.17) is 9.47 Å². The molecule has 0 spiro atoms. The van der Waals surface area contributed by atoms with E-state index in [-0.39, 0.29) is 5.91 Å². The number of rotatable bonds is 10. The van der Waals surface area contributed by atoms with Crippen molar-refractivity contribution in [2.24, 2.45) is 0 Å². The molecule has 1 aliphatic carbocycles. The van der Waals surface area contributed by atoms with Gasteiger partial charge in [-0.15, -0.1) is 11.8 Å². The van der Waals surface area contributed by atoms with Crippen LogP contribution in [0.3, 0.4) is 0 Å². The Morgan fingerprint density at radius 1 is 1.19 bits per heavy atom. The average Bonchev–Trinajstić information content (AvgIpc) is 3.38. The van der Waals surface area contributed by atoms with Gasteiger partial charge in [0, 0.05) is 44.3 Å². The van der Waals surface area contributed by atoms with Gasteiger partial charge in [0.05, 0.1) is 0 Å². The largest absolute Gasteiger partial charge is 0.483 e. The molecule has 42 heavy (non-hydrogen) atoms. The molecule has 230 valence electrons. The van der Waals surface area contributed by atoms with Crippen LogP contribution in [0, 0.1) is 0 Å². The second-order valence-corrected chi connectivity index (χ2v) is 14.1. The van der Waals surface area contributed by atoms with Crippen molar-refractivity contribution in [1.29, 1.82) is 0 Å². The molecule has 2 heterocycles. The highest BCUT2D eigenvalue weighted by molar-refractivity contribution is 8.03. The van der Waals surface area contributed by atoms with Crippen LogP contribution < -0.4 is 15.4 Å². The summed E-state index contributed by atoms with van der Waals surface area (Å²) >= 11 is 1.58. The minimum absolute atomic E-state index is 0.208. The van der Waals surface area contributed by atoms with Crippen molar-refractivity contribution in [3.05, 3.63) is 65.2 Å². The highest BCUT2D eigenvalue weighted by atomic mass is 32.2. The number of thioether (sulfide) groups is 1. The molecule has 9 heteroatoms. The molecule has 0 radical (unpaired) electrons. The van der Waals surface area contributed by atoms with Crippen molar-refractivity contribution >= 4 is 23.8 Å². The highest BCUT2D eigenvalue weighted by Crippen LogP contribution is 2.41. The van der Waals surface area contributed by atoms with Gasteiger partial charge < -0.3 is 20.1 Å². The Balaban J connectivity index is 1.57. The van der Waals surface area contributed by atoms with Crippen LogP contribution in [0.5, 0.6) is 5.75 Å². The number of nitrogens with one attached hydrogen (secondary N) is 2. The summed E-state index contributed by atoms with van der Waals surface area (Å²) in [5.41, 5.74) is 0.538. The summed E-state index contributed by atoms with van der Waals surface area (Å²) in [6.45, 7) is 18.1. The number of hydrogen-bond acceptors (Lipinski definition) is 7. The predicted molar refractivity (Wildman–Crippen MR) is 170 cm³/mol. The third-order valence-corrected chi connectivity index (χ3v) is 9.97. The van der Waals surface area contributed by atoms with E-state index >= 15 is 0 Å². The lowest BCUT2D eigenvalue weighted by Crippen LogP contribution is -2.57. The molecule has 1 aromatic carbocycles. The normalized spacial score (nSPS) is 25.1. The number of benzene rings is 1. The van der Waals surface area contributed by atoms with Gasteiger partial charge in [-0.05, 0) is 96.6 Å². The maximum Gasteiger partial charge on any atom is 0.411 e. The van der Waals surface area contributed by atoms with Crippen LogP contribution in [0.2, 0.25) is 0 Å². The Hall–Kier alpha value is -2.91. The summed E-state index contributed by atoms with van der Waals surface area (Å²) < 4.78 is 12.5. The van der Waals surface area contributed by atoms with Gasteiger partial charge >= 0.3 is 6.09 Å². The minimum Gasteiger partial charge on any atom is -0.483 e. The second kappa shape index (κ2) is 12.8. The predicted octanol–water partition coefficient (Wildman–Crippen LogP) is 5.91. The first-order valence-corrected chi connectivity index (χ1v) is 15.9. The van der Waals surface area contributed by atoms with E-state index in [2.05, 4.69) is 62.3 Å². The van der Waals surface area contributed by atoms with Gasteiger partial charge in [0.1, 0.15) is 27.9 Å². The number of nitrogens with zero attached hydrogens (tertiary/aromatic N) is 2. The first-order chi connectivity index (χ1) is 19.8. The summed E-state index contributed by atoms with van der Waals surface area (Å²) in [7, 11) is 0. The quantitative estimate of drug-likeness (QED) is 0.347. The van der Waals surface area contributed by atoms with Gasteiger partial charge in [0.2, 0.25) is 5.91 Å². The molecule has 0 saturated heterocycles. The van der Waals surface area contributed by atoms with Gasteiger partial charge in [-0.25, -0.2) is 4.79 Å². The summed E-state index contributed by atoms with van der Waals surface area (Å²) in [6, 6.07) is 5.77. The first-order valence-electron chi connectivity index (χ1n) is 15.0. The van der Waals surface area contributed by atoms with Crippen molar-refractivity contribution in [3.63, 3.8) is 0 Å². The lowest BCUT2D eigenvalue weighted by molar-refractivity contribution is -0.127. The molecule has 2 aliphatic heterocycles. The Kier molecular flexibility index (Phi) is 9.72. The molecular weight excluding hydrogens is 548 g/mol. The molecule has 3 unspecified atom stereocenters. The van der Waals surface area contributed by atoms with Gasteiger partial charge in [0.15, 0.2) is 0 Å². The fraction of sp³-hybridized carbons (Fsp3) is 0.576. The summed E-state index contributed by atoms with van der Waals surface area (Å²) in [6.07, 6.45) is 10.9. The highest BCUT2D eigenvalue weighted by Gasteiger charge is 2.48. The molecule has 2 amide bonds. The van der Waals surface area contributed by atoms with Gasteiger partial charge in [-0.3, -0.25) is 14.6 Å². The van der Waals surface area contributed by atoms with Gasteiger partial charge in [-0.2, -0.15) is 0 Å². The molecule has 0 fully saturated rings. The average molecular weight is 597 g/mol. The smallest absolute Gasteiger partial charge is 0.411 e. The summed E-state index contributed by atoms with van der Waals surface area (Å²) in [5, 5.41) is 8.39. The van der Waals surface area contributed by atoms with E-state index in [9.17, 15) is 9.59 Å². The van der Waals surface area contributed by atoms with Gasteiger partial charge in [0.25, 0.3) is 0 Å². The van der Waals surface area contributed by atoms with E-state index in [1.165, 1.54) is 0 Å². The summed E-state index contributed by atoms with van der Waals surface area (Å²) in [4.78, 5) is 31.1. The zero-order valence-corrected chi connectivity index (χ0v) is 27.2. The monoisotopic (exact) mass is 596 g/mol. The Labute approximate surface area is 255 Å². The standard InChI is InChI=1S/C33H48N4O4S/c1-23(2)36(24(3)4)20-17-34-29(38)28-27-13-12-26(40-32(7)15-10-9-11-16-32)22-25(27)14-19-37(28)30(39)41-31(5,6)33(8)35-18-21-42-33/h9-13,15,18,21-24,28,35H,14,16-17,19-20H2,1-8H3,(H,34,38). The van der Waals surface area contributed by atoms with Crippen LogP contribution in [-0.2, 0) is 16.0 Å². The maximum absolute atomic E-state index is 13.9. The van der Waals surface area contributed by atoms with Crippen LogP contribution in [0.25, 0.3) is 0 Å². The van der Waals surface area contributed by atoms with Crippen LogP contribution in [-0.4, -0.2) is 69.6 Å². The molecule has 1 aromatic rings. The van der Waals surface area contributed by atoms with Crippen molar-refractivity contribution < 1.29 is 19.1 Å². The molecule has 0 aromatic heterocycles. The SMILES string of the molecule is CC(C)N(CCNC(=O)C1c2ccc(OC3(C)C=CC=CC3)cc2CCN1C(=O)OC(C)(C)C1(C)NC=CS1)C(C)C. The topological polar surface area (TPSA) is 83.1 Å².